The van der Waals surface area contributed by atoms with Gasteiger partial charge in [0.1, 0.15) is 24.7 Å². The number of likely N-dealkylation sites (tertiary alicyclic amines) is 1. The summed E-state index contributed by atoms with van der Waals surface area (Å²) in [5.41, 5.74) is 2.18. The van der Waals surface area contributed by atoms with Gasteiger partial charge in [-0.2, -0.15) is 0 Å². The van der Waals surface area contributed by atoms with E-state index in [-0.39, 0.29) is 17.9 Å². The van der Waals surface area contributed by atoms with Crippen LogP contribution in [0.5, 0.6) is 17.2 Å². The zero-order valence-electron chi connectivity index (χ0n) is 19.8. The van der Waals surface area contributed by atoms with E-state index in [0.29, 0.717) is 49.1 Å². The summed E-state index contributed by atoms with van der Waals surface area (Å²) in [5.74, 6) is 1.62. The second-order valence-corrected chi connectivity index (χ2v) is 8.78. The second kappa shape index (κ2) is 9.77. The molecule has 0 spiro atoms. The SMILES string of the molecule is C=CC(=O)N1CCCC[C@@H](N2c3c(ccc4c3OCCO4)NC2NC(=O)c2cccc(OC)c2)C1. The summed E-state index contributed by atoms with van der Waals surface area (Å²) in [6, 6.07) is 10.8. The number of benzene rings is 2. The summed E-state index contributed by atoms with van der Waals surface area (Å²) in [6.07, 6.45) is 3.56. The van der Waals surface area contributed by atoms with Crippen molar-refractivity contribution >= 4 is 23.2 Å². The van der Waals surface area contributed by atoms with Crippen molar-refractivity contribution in [2.45, 2.75) is 31.6 Å². The van der Waals surface area contributed by atoms with Crippen LogP contribution in [0, 0.1) is 0 Å². The van der Waals surface area contributed by atoms with Gasteiger partial charge in [-0.25, -0.2) is 0 Å². The van der Waals surface area contributed by atoms with Crippen molar-refractivity contribution in [3.63, 3.8) is 0 Å². The van der Waals surface area contributed by atoms with E-state index < -0.39 is 6.29 Å². The topological polar surface area (TPSA) is 92.4 Å². The summed E-state index contributed by atoms with van der Waals surface area (Å²) in [4.78, 5) is 29.7. The van der Waals surface area contributed by atoms with Gasteiger partial charge in [-0.15, -0.1) is 0 Å². The lowest BCUT2D eigenvalue weighted by atomic mass is 10.1. The average Bonchev–Trinajstić information content (AvgIpc) is 3.09. The molecule has 1 unspecified atom stereocenters. The normalized spacial score (nSPS) is 20.8. The van der Waals surface area contributed by atoms with Gasteiger partial charge in [0, 0.05) is 18.7 Å². The van der Waals surface area contributed by atoms with Crippen LogP contribution in [0.2, 0.25) is 0 Å². The van der Waals surface area contributed by atoms with E-state index in [4.69, 9.17) is 14.2 Å². The van der Waals surface area contributed by atoms with Crippen LogP contribution < -0.4 is 29.7 Å². The molecular weight excluding hydrogens is 448 g/mol. The third-order valence-corrected chi connectivity index (χ3v) is 6.64. The highest BCUT2D eigenvalue weighted by Gasteiger charge is 2.40. The highest BCUT2D eigenvalue weighted by atomic mass is 16.6. The van der Waals surface area contributed by atoms with Gasteiger partial charge in [0.2, 0.25) is 5.91 Å². The van der Waals surface area contributed by atoms with Crippen molar-refractivity contribution in [1.29, 1.82) is 0 Å². The Kier molecular flexibility index (Phi) is 6.39. The van der Waals surface area contributed by atoms with Crippen molar-refractivity contribution < 1.29 is 23.8 Å². The summed E-state index contributed by atoms with van der Waals surface area (Å²) in [7, 11) is 1.57. The maximum Gasteiger partial charge on any atom is 0.254 e. The number of nitrogens with zero attached hydrogens (tertiary/aromatic N) is 2. The molecule has 0 saturated carbocycles. The van der Waals surface area contributed by atoms with Crippen molar-refractivity contribution in [3.8, 4) is 17.2 Å². The molecule has 1 saturated heterocycles. The Bertz CT molecular complexity index is 1140. The van der Waals surface area contributed by atoms with Gasteiger partial charge >= 0.3 is 0 Å². The van der Waals surface area contributed by atoms with E-state index >= 15 is 0 Å². The Morgan fingerprint density at radius 3 is 2.89 bits per heavy atom. The monoisotopic (exact) mass is 478 g/mol. The van der Waals surface area contributed by atoms with Crippen molar-refractivity contribution in [2.24, 2.45) is 0 Å². The summed E-state index contributed by atoms with van der Waals surface area (Å²) in [6.45, 7) is 5.80. The number of ether oxygens (including phenoxy) is 3. The van der Waals surface area contributed by atoms with Crippen LogP contribution in [0.25, 0.3) is 0 Å². The lowest BCUT2D eigenvalue weighted by Crippen LogP contribution is -2.56. The first kappa shape index (κ1) is 22.9. The van der Waals surface area contributed by atoms with Crippen LogP contribution in [-0.4, -0.2) is 62.5 Å². The molecule has 3 aliphatic heterocycles. The predicted octanol–water partition coefficient (Wildman–Crippen LogP) is 2.98. The molecule has 0 bridgehead atoms. The zero-order valence-corrected chi connectivity index (χ0v) is 19.8. The fraction of sp³-hybridized carbons (Fsp3) is 0.385. The highest BCUT2D eigenvalue weighted by molar-refractivity contribution is 5.96. The molecule has 0 aromatic heterocycles. The van der Waals surface area contributed by atoms with Crippen molar-refractivity contribution in [1.82, 2.24) is 10.2 Å². The molecule has 35 heavy (non-hydrogen) atoms. The number of rotatable bonds is 5. The number of anilines is 2. The zero-order chi connectivity index (χ0) is 24.4. The average molecular weight is 479 g/mol. The third kappa shape index (κ3) is 4.45. The maximum absolute atomic E-state index is 13.3. The first-order valence-corrected chi connectivity index (χ1v) is 11.9. The number of carbonyl (C=O) groups is 2. The first-order chi connectivity index (χ1) is 17.1. The van der Waals surface area contributed by atoms with Gasteiger partial charge in [0.05, 0.1) is 18.8 Å². The number of nitrogens with one attached hydrogen (secondary N) is 2. The van der Waals surface area contributed by atoms with Gasteiger partial charge in [0.15, 0.2) is 17.8 Å². The number of amides is 2. The Labute approximate surface area is 204 Å². The van der Waals surface area contributed by atoms with E-state index in [2.05, 4.69) is 22.1 Å². The van der Waals surface area contributed by atoms with Crippen molar-refractivity contribution in [2.75, 3.05) is 43.6 Å². The molecule has 0 aliphatic carbocycles. The molecule has 184 valence electrons. The standard InChI is InChI=1S/C26H30N4O5/c1-3-22(31)29-12-5-4-8-18(16-29)30-23-20(10-11-21-24(23)35-14-13-34-21)27-26(30)28-25(32)17-7-6-9-19(15-17)33-2/h3,6-7,9-11,15,18,26-27H,1,4-5,8,12-14,16H2,2H3,(H,28,32)/t18-,26?/m1/s1. The maximum atomic E-state index is 13.3. The molecule has 1 fully saturated rings. The van der Waals surface area contributed by atoms with Gasteiger partial charge in [0.25, 0.3) is 5.91 Å². The molecule has 2 amide bonds. The molecule has 5 rings (SSSR count). The number of fused-ring (bicyclic) bond motifs is 3. The van der Waals surface area contributed by atoms with Crippen LogP contribution in [-0.2, 0) is 4.79 Å². The van der Waals surface area contributed by atoms with Gasteiger partial charge < -0.3 is 34.6 Å². The van der Waals surface area contributed by atoms with Gasteiger partial charge in [-0.05, 0) is 55.7 Å². The number of hydrogen-bond donors (Lipinski definition) is 2. The third-order valence-electron chi connectivity index (χ3n) is 6.64. The lowest BCUT2D eigenvalue weighted by Gasteiger charge is -2.37. The smallest absolute Gasteiger partial charge is 0.254 e. The minimum Gasteiger partial charge on any atom is -0.497 e. The van der Waals surface area contributed by atoms with E-state index in [9.17, 15) is 9.59 Å². The molecule has 3 heterocycles. The largest absolute Gasteiger partial charge is 0.497 e. The summed E-state index contributed by atoms with van der Waals surface area (Å²) in [5, 5.41) is 6.57. The fourth-order valence-electron chi connectivity index (χ4n) is 4.97. The van der Waals surface area contributed by atoms with E-state index in [1.54, 1.807) is 31.4 Å². The fourth-order valence-corrected chi connectivity index (χ4v) is 4.97. The van der Waals surface area contributed by atoms with Crippen LogP contribution >= 0.6 is 0 Å². The molecule has 2 aromatic rings. The molecule has 9 heteroatoms. The van der Waals surface area contributed by atoms with E-state index in [1.807, 2.05) is 17.0 Å². The number of carbonyl (C=O) groups excluding carboxylic acids is 2. The molecule has 2 N–H and O–H groups in total. The molecule has 9 nitrogen and oxygen atoms in total. The Morgan fingerprint density at radius 1 is 1.20 bits per heavy atom. The number of hydrogen-bond acceptors (Lipinski definition) is 7. The van der Waals surface area contributed by atoms with Crippen LogP contribution in [0.1, 0.15) is 29.6 Å². The first-order valence-electron chi connectivity index (χ1n) is 11.9. The van der Waals surface area contributed by atoms with Crippen LogP contribution in [0.3, 0.4) is 0 Å². The van der Waals surface area contributed by atoms with E-state index in [1.165, 1.54) is 6.08 Å². The Balaban J connectivity index is 1.50. The molecule has 2 atom stereocenters. The minimum absolute atomic E-state index is 0.0530. The van der Waals surface area contributed by atoms with Crippen LogP contribution in [0.4, 0.5) is 11.4 Å². The van der Waals surface area contributed by atoms with E-state index in [0.717, 1.165) is 30.6 Å². The molecular formula is C26H30N4O5. The number of methoxy groups -OCH3 is 1. The predicted molar refractivity (Wildman–Crippen MR) is 132 cm³/mol. The highest BCUT2D eigenvalue weighted by Crippen LogP contribution is 2.49. The van der Waals surface area contributed by atoms with Gasteiger partial charge in [-0.3, -0.25) is 9.59 Å². The Hall–Kier alpha value is -3.88. The molecule has 3 aliphatic rings. The molecule has 0 radical (unpaired) electrons. The summed E-state index contributed by atoms with van der Waals surface area (Å²) >= 11 is 0. The lowest BCUT2D eigenvalue weighted by molar-refractivity contribution is -0.126. The van der Waals surface area contributed by atoms with Crippen LogP contribution in [0.15, 0.2) is 49.1 Å². The minimum atomic E-state index is -0.537. The van der Waals surface area contributed by atoms with Gasteiger partial charge in [-0.1, -0.05) is 12.6 Å². The summed E-state index contributed by atoms with van der Waals surface area (Å²) < 4.78 is 17.2. The molecule has 2 aromatic carbocycles. The second-order valence-electron chi connectivity index (χ2n) is 8.78. The Morgan fingerprint density at radius 2 is 2.06 bits per heavy atom. The quantitative estimate of drug-likeness (QED) is 0.639. The van der Waals surface area contributed by atoms with Crippen molar-refractivity contribution in [3.05, 3.63) is 54.6 Å².